The van der Waals surface area contributed by atoms with Crippen LogP contribution in [0.5, 0.6) is 0 Å². The first-order valence-corrected chi connectivity index (χ1v) is 7.42. The highest BCUT2D eigenvalue weighted by molar-refractivity contribution is 7.99. The summed E-state index contributed by atoms with van der Waals surface area (Å²) in [4.78, 5) is 4.32. The van der Waals surface area contributed by atoms with Crippen molar-refractivity contribution in [3.8, 4) is 0 Å². The van der Waals surface area contributed by atoms with Crippen molar-refractivity contribution in [3.05, 3.63) is 12.4 Å². The van der Waals surface area contributed by atoms with E-state index in [1.54, 1.807) is 0 Å². The van der Waals surface area contributed by atoms with Crippen molar-refractivity contribution in [2.24, 2.45) is 0 Å². The van der Waals surface area contributed by atoms with Crippen LogP contribution in [0.15, 0.2) is 12.4 Å². The zero-order valence-corrected chi connectivity index (χ0v) is 11.8. The lowest BCUT2D eigenvalue weighted by Crippen LogP contribution is -2.16. The highest BCUT2D eigenvalue weighted by atomic mass is 32.2. The number of hydrogen-bond acceptors (Lipinski definition) is 4. The number of thioether (sulfide) groups is 1. The van der Waals surface area contributed by atoms with Crippen LogP contribution in [0.4, 0.5) is 5.95 Å². The molecule has 0 aliphatic heterocycles. The largest absolute Gasteiger partial charge is 0.382 e. The maximum atomic E-state index is 5.33. The lowest BCUT2D eigenvalue weighted by atomic mass is 10.4. The summed E-state index contributed by atoms with van der Waals surface area (Å²) in [6, 6.07) is 0. The van der Waals surface area contributed by atoms with Crippen LogP contribution < -0.4 is 5.32 Å². The number of nitrogens with one attached hydrogen (secondary N) is 1. The molecule has 0 radical (unpaired) electrons. The quantitative estimate of drug-likeness (QED) is 0.690. The number of rotatable bonds is 9. The summed E-state index contributed by atoms with van der Waals surface area (Å²) in [7, 11) is 0. The van der Waals surface area contributed by atoms with E-state index in [9.17, 15) is 0 Å². The van der Waals surface area contributed by atoms with Crippen molar-refractivity contribution >= 4 is 17.7 Å². The highest BCUT2D eigenvalue weighted by Gasteiger charge is 2.04. The Morgan fingerprint density at radius 3 is 3.12 bits per heavy atom. The Hall–Kier alpha value is -0.680. The lowest BCUT2D eigenvalue weighted by Gasteiger charge is -2.12. The van der Waals surface area contributed by atoms with Gasteiger partial charge in [-0.3, -0.25) is 0 Å². The van der Waals surface area contributed by atoms with Gasteiger partial charge in [-0.15, -0.1) is 0 Å². The standard InChI is InChI=1S/C12H23N3OS/c1-4-16-9-5-7-15-8-6-13-12(15)14-10-11(2)17-3/h6,8,11H,4-5,7,9-10H2,1-3H3,(H,13,14). The summed E-state index contributed by atoms with van der Waals surface area (Å²) in [6.07, 6.45) is 7.00. The SMILES string of the molecule is CCOCCCn1ccnc1NCC(C)SC. The van der Waals surface area contributed by atoms with Crippen LogP contribution in [0, 0.1) is 0 Å². The third-order valence-corrected chi connectivity index (χ3v) is 3.53. The van der Waals surface area contributed by atoms with Crippen molar-refractivity contribution in [1.29, 1.82) is 0 Å². The maximum Gasteiger partial charge on any atom is 0.202 e. The molecule has 0 aromatic carbocycles. The summed E-state index contributed by atoms with van der Waals surface area (Å²) in [6.45, 7) is 7.74. The van der Waals surface area contributed by atoms with E-state index < -0.39 is 0 Å². The second kappa shape index (κ2) is 8.42. The minimum Gasteiger partial charge on any atom is -0.382 e. The molecule has 1 heterocycles. The highest BCUT2D eigenvalue weighted by Crippen LogP contribution is 2.09. The normalized spacial score (nSPS) is 12.6. The molecule has 1 atom stereocenters. The van der Waals surface area contributed by atoms with Crippen LogP contribution in [0.25, 0.3) is 0 Å². The second-order valence-corrected chi connectivity index (χ2v) is 5.20. The zero-order chi connectivity index (χ0) is 12.5. The topological polar surface area (TPSA) is 39.1 Å². The van der Waals surface area contributed by atoms with Crippen LogP contribution in [0.2, 0.25) is 0 Å². The summed E-state index contributed by atoms with van der Waals surface area (Å²) in [5.74, 6) is 0.961. The summed E-state index contributed by atoms with van der Waals surface area (Å²) in [5, 5.41) is 3.98. The fourth-order valence-corrected chi connectivity index (χ4v) is 1.71. The molecule has 0 saturated carbocycles. The first-order chi connectivity index (χ1) is 8.27. The number of anilines is 1. The Labute approximate surface area is 108 Å². The zero-order valence-electron chi connectivity index (χ0n) is 11.0. The molecular formula is C12H23N3OS. The van der Waals surface area contributed by atoms with E-state index in [2.05, 4.69) is 28.0 Å². The number of hydrogen-bond donors (Lipinski definition) is 1. The van der Waals surface area contributed by atoms with E-state index in [0.717, 1.165) is 38.7 Å². The maximum absolute atomic E-state index is 5.33. The van der Waals surface area contributed by atoms with Crippen molar-refractivity contribution in [3.63, 3.8) is 0 Å². The van der Waals surface area contributed by atoms with Crippen LogP contribution in [-0.2, 0) is 11.3 Å². The molecule has 0 bridgehead atoms. The molecule has 1 aromatic heterocycles. The Kier molecular flexibility index (Phi) is 7.12. The number of aryl methyl sites for hydroxylation is 1. The molecule has 0 fully saturated rings. The fraction of sp³-hybridized carbons (Fsp3) is 0.750. The Morgan fingerprint density at radius 1 is 1.59 bits per heavy atom. The van der Waals surface area contributed by atoms with Gasteiger partial charge >= 0.3 is 0 Å². The number of aromatic nitrogens is 2. The van der Waals surface area contributed by atoms with Crippen molar-refractivity contribution in [2.75, 3.05) is 31.3 Å². The number of imidazole rings is 1. The summed E-state index contributed by atoms with van der Waals surface area (Å²) in [5.41, 5.74) is 0. The molecule has 98 valence electrons. The lowest BCUT2D eigenvalue weighted by molar-refractivity contribution is 0.142. The van der Waals surface area contributed by atoms with Crippen LogP contribution in [0.1, 0.15) is 20.3 Å². The van der Waals surface area contributed by atoms with E-state index in [1.165, 1.54) is 0 Å². The van der Waals surface area contributed by atoms with E-state index in [0.29, 0.717) is 5.25 Å². The molecule has 4 nitrogen and oxygen atoms in total. The van der Waals surface area contributed by atoms with Gasteiger partial charge in [0, 0.05) is 43.9 Å². The third kappa shape index (κ3) is 5.46. The minimum atomic E-state index is 0.601. The Balaban J connectivity index is 2.32. The second-order valence-electron chi connectivity index (χ2n) is 3.92. The van der Waals surface area contributed by atoms with Gasteiger partial charge in [-0.1, -0.05) is 6.92 Å². The van der Waals surface area contributed by atoms with Gasteiger partial charge in [-0.05, 0) is 19.6 Å². The number of ether oxygens (including phenoxy) is 1. The van der Waals surface area contributed by atoms with Crippen molar-refractivity contribution < 1.29 is 4.74 Å². The van der Waals surface area contributed by atoms with E-state index in [-0.39, 0.29) is 0 Å². The molecule has 1 rings (SSSR count). The monoisotopic (exact) mass is 257 g/mol. The first-order valence-electron chi connectivity index (χ1n) is 6.13. The van der Waals surface area contributed by atoms with Gasteiger partial charge in [-0.25, -0.2) is 4.98 Å². The molecule has 0 saturated heterocycles. The van der Waals surface area contributed by atoms with Crippen LogP contribution in [-0.4, -0.2) is 40.8 Å². The van der Waals surface area contributed by atoms with Gasteiger partial charge in [0.15, 0.2) is 0 Å². The van der Waals surface area contributed by atoms with Crippen LogP contribution in [0.3, 0.4) is 0 Å². The Bertz CT molecular complexity index is 304. The molecule has 1 aromatic rings. The van der Waals surface area contributed by atoms with Gasteiger partial charge < -0.3 is 14.6 Å². The molecule has 5 heteroatoms. The smallest absolute Gasteiger partial charge is 0.202 e. The van der Waals surface area contributed by atoms with Crippen LogP contribution >= 0.6 is 11.8 Å². The van der Waals surface area contributed by atoms with Crippen molar-refractivity contribution in [1.82, 2.24) is 9.55 Å². The van der Waals surface area contributed by atoms with E-state index in [4.69, 9.17) is 4.74 Å². The molecule has 0 aliphatic carbocycles. The van der Waals surface area contributed by atoms with Gasteiger partial charge in [0.1, 0.15) is 0 Å². The molecule has 0 aliphatic rings. The molecule has 0 amide bonds. The predicted molar refractivity (Wildman–Crippen MR) is 74.8 cm³/mol. The molecule has 17 heavy (non-hydrogen) atoms. The average molecular weight is 257 g/mol. The molecule has 1 N–H and O–H groups in total. The van der Waals surface area contributed by atoms with Gasteiger partial charge in [0.05, 0.1) is 0 Å². The van der Waals surface area contributed by atoms with Gasteiger partial charge in [0.2, 0.25) is 5.95 Å². The summed E-state index contributed by atoms with van der Waals surface area (Å²) >= 11 is 1.86. The molecule has 0 spiro atoms. The predicted octanol–water partition coefficient (Wildman–Crippen LogP) is 2.47. The van der Waals surface area contributed by atoms with Crippen molar-refractivity contribution in [2.45, 2.75) is 32.1 Å². The number of nitrogens with zero attached hydrogens (tertiary/aromatic N) is 2. The molecular weight excluding hydrogens is 234 g/mol. The molecule has 1 unspecified atom stereocenters. The third-order valence-electron chi connectivity index (χ3n) is 2.56. The van der Waals surface area contributed by atoms with Gasteiger partial charge in [0.25, 0.3) is 0 Å². The van der Waals surface area contributed by atoms with E-state index >= 15 is 0 Å². The summed E-state index contributed by atoms with van der Waals surface area (Å²) < 4.78 is 7.47. The van der Waals surface area contributed by atoms with Gasteiger partial charge in [-0.2, -0.15) is 11.8 Å². The average Bonchev–Trinajstić information content (AvgIpc) is 2.79. The Morgan fingerprint density at radius 2 is 2.41 bits per heavy atom. The first kappa shape index (κ1) is 14.4. The fourth-order valence-electron chi connectivity index (χ4n) is 1.46. The minimum absolute atomic E-state index is 0.601. The van der Waals surface area contributed by atoms with E-state index in [1.807, 2.05) is 31.1 Å².